The van der Waals surface area contributed by atoms with E-state index in [1.165, 1.54) is 10.1 Å². The number of rotatable bonds is 11. The Bertz CT molecular complexity index is 1150. The summed E-state index contributed by atoms with van der Waals surface area (Å²) < 4.78 is 6.94. The van der Waals surface area contributed by atoms with Crippen molar-refractivity contribution >= 4 is 40.4 Å². The molecule has 1 unspecified atom stereocenters. The Kier molecular flexibility index (Phi) is 8.75. The molecule has 2 N–H and O–H groups in total. The first-order chi connectivity index (χ1) is 15.5. The monoisotopic (exact) mass is 474 g/mol. The molecular weight excluding hydrogens is 444 g/mol. The largest absolute Gasteiger partial charge is 0.385 e. The number of thiophene rings is 1. The van der Waals surface area contributed by atoms with Crippen LogP contribution in [0.5, 0.6) is 0 Å². The van der Waals surface area contributed by atoms with Crippen molar-refractivity contribution < 1.29 is 9.53 Å². The summed E-state index contributed by atoms with van der Waals surface area (Å²) in [4.78, 5) is 31.2. The van der Waals surface area contributed by atoms with Crippen LogP contribution < -0.4 is 10.9 Å². The summed E-state index contributed by atoms with van der Waals surface area (Å²) in [6, 6.07) is 7.29. The van der Waals surface area contributed by atoms with Gasteiger partial charge in [-0.1, -0.05) is 13.8 Å². The van der Waals surface area contributed by atoms with Gasteiger partial charge in [0, 0.05) is 32.4 Å². The summed E-state index contributed by atoms with van der Waals surface area (Å²) in [5, 5.41) is 7.75. The zero-order valence-electron chi connectivity index (χ0n) is 18.7. The average molecular weight is 475 g/mol. The van der Waals surface area contributed by atoms with Crippen molar-refractivity contribution in [1.29, 1.82) is 0 Å². The van der Waals surface area contributed by atoms with Gasteiger partial charge in [-0.3, -0.25) is 19.1 Å². The Balaban J connectivity index is 1.80. The molecule has 0 bridgehead atoms. The van der Waals surface area contributed by atoms with Crippen LogP contribution in [0.15, 0.2) is 39.8 Å². The lowest BCUT2D eigenvalue weighted by Crippen LogP contribution is -2.38. The van der Waals surface area contributed by atoms with Crippen molar-refractivity contribution in [3.63, 3.8) is 0 Å². The van der Waals surface area contributed by atoms with E-state index in [1.807, 2.05) is 0 Å². The number of aromatic amines is 1. The molecule has 3 rings (SSSR count). The molecule has 7 nitrogen and oxygen atoms in total. The van der Waals surface area contributed by atoms with Gasteiger partial charge in [-0.05, 0) is 72.3 Å². The highest BCUT2D eigenvalue weighted by Crippen LogP contribution is 2.22. The van der Waals surface area contributed by atoms with Gasteiger partial charge in [-0.15, -0.1) is 0 Å². The first kappa shape index (κ1) is 24.3. The fourth-order valence-electron chi connectivity index (χ4n) is 3.84. The summed E-state index contributed by atoms with van der Waals surface area (Å²) in [6.45, 7) is 7.59. The average Bonchev–Trinajstić information content (AvgIpc) is 3.33. The highest BCUT2D eigenvalue weighted by atomic mass is 32.1. The molecule has 0 aliphatic rings. The first-order valence-electron chi connectivity index (χ1n) is 10.8. The molecule has 32 heavy (non-hydrogen) atoms. The van der Waals surface area contributed by atoms with Crippen molar-refractivity contribution in [2.24, 2.45) is 0 Å². The quantitative estimate of drug-likeness (QED) is 0.325. The second kappa shape index (κ2) is 11.5. The minimum atomic E-state index is -0.178. The molecule has 0 fully saturated rings. The second-order valence-electron chi connectivity index (χ2n) is 7.50. The molecule has 1 amide bonds. The Hall–Kier alpha value is -2.33. The minimum absolute atomic E-state index is 0.116. The molecule has 3 aromatic rings. The van der Waals surface area contributed by atoms with E-state index in [0.717, 1.165) is 13.1 Å². The van der Waals surface area contributed by atoms with E-state index in [2.05, 4.69) is 45.9 Å². The predicted octanol–water partition coefficient (Wildman–Crippen LogP) is 3.97. The van der Waals surface area contributed by atoms with Crippen LogP contribution in [0.1, 0.15) is 42.2 Å². The van der Waals surface area contributed by atoms with Gasteiger partial charge in [-0.25, -0.2) is 0 Å². The number of amides is 1. The van der Waals surface area contributed by atoms with E-state index in [9.17, 15) is 9.59 Å². The Morgan fingerprint density at radius 2 is 2.09 bits per heavy atom. The van der Waals surface area contributed by atoms with Crippen molar-refractivity contribution in [2.75, 3.05) is 33.4 Å². The summed E-state index contributed by atoms with van der Waals surface area (Å²) in [7, 11) is 1.63. The molecule has 0 aliphatic heterocycles. The minimum Gasteiger partial charge on any atom is -0.385 e. The van der Waals surface area contributed by atoms with Gasteiger partial charge in [0.1, 0.15) is 0 Å². The topological polar surface area (TPSA) is 79.4 Å². The number of carbonyl (C=O) groups is 1. The number of benzene rings is 1. The van der Waals surface area contributed by atoms with Gasteiger partial charge < -0.3 is 15.0 Å². The number of aromatic nitrogens is 2. The maximum Gasteiger partial charge on any atom is 0.262 e. The maximum atomic E-state index is 12.9. The SMILES string of the molecule is CCN(CC)C(CNC(=O)c1ccc2c(=O)n(CCCOC)c(=S)[nH]c2c1)c1ccsc1. The van der Waals surface area contributed by atoms with Crippen molar-refractivity contribution in [3.05, 3.63) is 61.3 Å². The van der Waals surface area contributed by atoms with Crippen molar-refractivity contribution in [2.45, 2.75) is 32.9 Å². The van der Waals surface area contributed by atoms with E-state index in [1.54, 1.807) is 36.6 Å². The number of nitrogens with one attached hydrogen (secondary N) is 2. The first-order valence-corrected chi connectivity index (χ1v) is 12.1. The molecule has 1 atom stereocenters. The molecule has 0 aliphatic carbocycles. The number of hydrogen-bond acceptors (Lipinski definition) is 6. The number of likely N-dealkylation sites (N-methyl/N-ethyl adjacent to an activating group) is 1. The van der Waals surface area contributed by atoms with Gasteiger partial charge in [0.05, 0.1) is 16.9 Å². The van der Waals surface area contributed by atoms with Gasteiger partial charge in [0.25, 0.3) is 11.5 Å². The van der Waals surface area contributed by atoms with E-state index >= 15 is 0 Å². The predicted molar refractivity (Wildman–Crippen MR) is 132 cm³/mol. The summed E-state index contributed by atoms with van der Waals surface area (Å²) >= 11 is 7.03. The number of hydrogen-bond donors (Lipinski definition) is 2. The third-order valence-electron chi connectivity index (χ3n) is 5.61. The van der Waals surface area contributed by atoms with Gasteiger partial charge >= 0.3 is 0 Å². The lowest BCUT2D eigenvalue weighted by molar-refractivity contribution is 0.0935. The van der Waals surface area contributed by atoms with Gasteiger partial charge in [0.2, 0.25) is 0 Å². The highest BCUT2D eigenvalue weighted by Gasteiger charge is 2.20. The fourth-order valence-corrected chi connectivity index (χ4v) is 4.84. The molecular formula is C23H30N4O3S2. The zero-order chi connectivity index (χ0) is 23.1. The van der Waals surface area contributed by atoms with Crippen LogP contribution in [0.25, 0.3) is 10.9 Å². The van der Waals surface area contributed by atoms with Crippen LogP contribution in [0, 0.1) is 4.77 Å². The van der Waals surface area contributed by atoms with Crippen LogP contribution >= 0.6 is 23.6 Å². The number of nitrogens with zero attached hydrogens (tertiary/aromatic N) is 2. The van der Waals surface area contributed by atoms with Crippen LogP contribution in [0.3, 0.4) is 0 Å². The van der Waals surface area contributed by atoms with E-state index in [-0.39, 0.29) is 17.5 Å². The fraction of sp³-hybridized carbons (Fsp3) is 0.435. The molecule has 9 heteroatoms. The molecule has 1 aromatic carbocycles. The molecule has 0 spiro atoms. The van der Waals surface area contributed by atoms with Gasteiger partial charge in [0.15, 0.2) is 4.77 Å². The lowest BCUT2D eigenvalue weighted by Gasteiger charge is -2.29. The Morgan fingerprint density at radius 3 is 2.75 bits per heavy atom. The summed E-state index contributed by atoms with van der Waals surface area (Å²) in [6.07, 6.45) is 0.692. The van der Waals surface area contributed by atoms with Crippen LogP contribution in [-0.2, 0) is 11.3 Å². The number of ether oxygens (including phenoxy) is 1. The number of carbonyl (C=O) groups excluding carboxylic acids is 1. The molecule has 0 radical (unpaired) electrons. The third kappa shape index (κ3) is 5.53. The second-order valence-corrected chi connectivity index (χ2v) is 8.66. The van der Waals surface area contributed by atoms with Crippen molar-refractivity contribution in [3.8, 4) is 0 Å². The lowest BCUT2D eigenvalue weighted by atomic mass is 10.1. The Morgan fingerprint density at radius 1 is 1.31 bits per heavy atom. The standard InChI is InChI=1S/C23H30N4O3S2/c1-4-26(5-2)20(17-9-12-32-15-17)14-24-21(28)16-7-8-18-19(13-16)25-23(31)27(22(18)29)10-6-11-30-3/h7-9,12-13,15,20H,4-6,10-11,14H2,1-3H3,(H,24,28)(H,25,31). The molecule has 2 aromatic heterocycles. The van der Waals surface area contributed by atoms with Crippen LogP contribution in [0.2, 0.25) is 0 Å². The maximum absolute atomic E-state index is 12.9. The number of fused-ring (bicyclic) bond motifs is 1. The number of H-pyrrole nitrogens is 1. The summed E-state index contributed by atoms with van der Waals surface area (Å²) in [5.41, 5.74) is 2.10. The molecule has 0 saturated carbocycles. The van der Waals surface area contributed by atoms with Crippen molar-refractivity contribution in [1.82, 2.24) is 19.8 Å². The van der Waals surface area contributed by atoms with E-state index in [0.29, 0.717) is 47.4 Å². The highest BCUT2D eigenvalue weighted by molar-refractivity contribution is 7.71. The molecule has 2 heterocycles. The molecule has 0 saturated heterocycles. The normalized spacial score (nSPS) is 12.4. The van der Waals surface area contributed by atoms with Crippen LogP contribution in [-0.4, -0.2) is 53.7 Å². The zero-order valence-corrected chi connectivity index (χ0v) is 20.4. The Labute approximate surface area is 197 Å². The van der Waals surface area contributed by atoms with E-state index < -0.39 is 0 Å². The molecule has 172 valence electrons. The third-order valence-corrected chi connectivity index (χ3v) is 6.64. The van der Waals surface area contributed by atoms with Gasteiger partial charge in [-0.2, -0.15) is 11.3 Å². The summed E-state index contributed by atoms with van der Waals surface area (Å²) in [5.74, 6) is -0.178. The van der Waals surface area contributed by atoms with Crippen LogP contribution in [0.4, 0.5) is 0 Å². The van der Waals surface area contributed by atoms with E-state index in [4.69, 9.17) is 17.0 Å². The smallest absolute Gasteiger partial charge is 0.262 e. The number of methoxy groups -OCH3 is 1.